The number of H-pyrrole nitrogens is 1. The molecule has 2 amide bonds. The minimum absolute atomic E-state index is 0.0624. The molecule has 3 aromatic carbocycles. The zero-order valence-corrected chi connectivity index (χ0v) is 24.0. The topological polar surface area (TPSA) is 79.5 Å². The van der Waals surface area contributed by atoms with E-state index >= 15 is 0 Å². The number of benzene rings is 3. The first-order valence-corrected chi connectivity index (χ1v) is 15.8. The summed E-state index contributed by atoms with van der Waals surface area (Å²) in [7, 11) is 0. The highest BCUT2D eigenvalue weighted by atomic mass is 32.2. The predicted molar refractivity (Wildman–Crippen MR) is 159 cm³/mol. The normalized spacial score (nSPS) is 29.4. The molecular formula is C33H28N2O4S2. The minimum atomic E-state index is -0.325. The molecular weight excluding hydrogens is 553 g/mol. The second kappa shape index (κ2) is 9.46. The fraction of sp³-hybridized carbons (Fsp3) is 0.303. The Hall–Kier alpha value is -3.62. The number of amides is 2. The van der Waals surface area contributed by atoms with Crippen LogP contribution >= 0.6 is 23.1 Å². The maximum Gasteiger partial charge on any atom is 0.305 e. The molecule has 3 fully saturated rings. The Balaban J connectivity index is 1.20. The molecule has 1 N–H and O–H groups in total. The van der Waals surface area contributed by atoms with Gasteiger partial charge in [0.2, 0.25) is 11.8 Å². The van der Waals surface area contributed by atoms with Crippen LogP contribution in [-0.4, -0.2) is 22.0 Å². The number of carbonyl (C=O) groups excluding carboxylic acids is 2. The first kappa shape index (κ1) is 25.1. The van der Waals surface area contributed by atoms with Gasteiger partial charge in [-0.15, -0.1) is 11.8 Å². The number of fused-ring (bicyclic) bond motifs is 9. The SMILES string of the molecule is Cc1ccccc1COc1ccccc1C1c2sc(=O)[nH]c2SC2C1[C@H]1C[C@@H]2C2C(=O)N(c3ccccc3)C(=O)C21. The zero-order valence-electron chi connectivity index (χ0n) is 22.4. The lowest BCUT2D eigenvalue weighted by atomic mass is 9.68. The molecule has 0 spiro atoms. The van der Waals surface area contributed by atoms with Gasteiger partial charge in [-0.1, -0.05) is 72.0 Å². The van der Waals surface area contributed by atoms with Crippen LogP contribution in [0, 0.1) is 36.5 Å². The van der Waals surface area contributed by atoms with E-state index in [1.165, 1.54) is 21.8 Å². The number of rotatable bonds is 5. The molecule has 41 heavy (non-hydrogen) atoms. The first-order chi connectivity index (χ1) is 20.0. The number of aromatic nitrogens is 1. The van der Waals surface area contributed by atoms with E-state index in [1.54, 1.807) is 11.8 Å². The number of thiazole rings is 1. The van der Waals surface area contributed by atoms with Gasteiger partial charge in [-0.05, 0) is 60.4 Å². The van der Waals surface area contributed by atoms with Gasteiger partial charge in [0.05, 0.1) is 22.5 Å². The average Bonchev–Trinajstić information content (AvgIpc) is 3.72. The molecule has 5 unspecified atom stereocenters. The largest absolute Gasteiger partial charge is 0.489 e. The van der Waals surface area contributed by atoms with Gasteiger partial charge in [0, 0.05) is 21.6 Å². The van der Waals surface area contributed by atoms with Crippen molar-refractivity contribution in [2.75, 3.05) is 4.90 Å². The fourth-order valence-corrected chi connectivity index (χ4v) is 10.9. The molecule has 1 aromatic heterocycles. The van der Waals surface area contributed by atoms with Crippen LogP contribution in [0.25, 0.3) is 0 Å². The molecule has 2 saturated carbocycles. The Kier molecular flexibility index (Phi) is 5.80. The number of nitrogens with zero attached hydrogens (tertiary/aromatic N) is 1. The van der Waals surface area contributed by atoms with Crippen molar-refractivity contribution in [1.29, 1.82) is 0 Å². The summed E-state index contributed by atoms with van der Waals surface area (Å²) >= 11 is 2.98. The van der Waals surface area contributed by atoms with Gasteiger partial charge in [-0.3, -0.25) is 19.3 Å². The van der Waals surface area contributed by atoms with Crippen LogP contribution in [-0.2, 0) is 16.2 Å². The van der Waals surface area contributed by atoms with Gasteiger partial charge in [0.1, 0.15) is 12.4 Å². The summed E-state index contributed by atoms with van der Waals surface area (Å²) < 4.78 is 6.49. The summed E-state index contributed by atoms with van der Waals surface area (Å²) in [5.74, 6) is 0.225. The highest BCUT2D eigenvalue weighted by Crippen LogP contribution is 2.69. The van der Waals surface area contributed by atoms with E-state index in [1.807, 2.05) is 60.7 Å². The lowest BCUT2D eigenvalue weighted by Gasteiger charge is -2.43. The Morgan fingerprint density at radius 3 is 2.39 bits per heavy atom. The Bertz CT molecular complexity index is 1750. The maximum atomic E-state index is 13.9. The molecule has 8 heteroatoms. The summed E-state index contributed by atoms with van der Waals surface area (Å²) in [5, 5.41) is 1.04. The number of nitrogens with one attached hydrogen (secondary N) is 1. The molecule has 2 aliphatic heterocycles. The van der Waals surface area contributed by atoms with Crippen LogP contribution < -0.4 is 14.5 Å². The molecule has 8 rings (SSSR count). The van der Waals surface area contributed by atoms with Gasteiger partial charge in [-0.25, -0.2) is 0 Å². The highest BCUT2D eigenvalue weighted by molar-refractivity contribution is 8.00. The monoisotopic (exact) mass is 580 g/mol. The van der Waals surface area contributed by atoms with Crippen molar-refractivity contribution in [2.24, 2.45) is 29.6 Å². The van der Waals surface area contributed by atoms with E-state index in [0.717, 1.165) is 33.2 Å². The molecule has 4 aromatic rings. The Morgan fingerprint density at radius 2 is 1.59 bits per heavy atom. The van der Waals surface area contributed by atoms with Gasteiger partial charge in [0.15, 0.2) is 0 Å². The van der Waals surface area contributed by atoms with Crippen molar-refractivity contribution in [3.8, 4) is 5.75 Å². The summed E-state index contributed by atoms with van der Waals surface area (Å²) in [5.41, 5.74) is 4.01. The molecule has 6 nitrogen and oxygen atoms in total. The number of carbonyl (C=O) groups is 2. The number of ether oxygens (including phenoxy) is 1. The first-order valence-electron chi connectivity index (χ1n) is 14.1. The van der Waals surface area contributed by atoms with Crippen LogP contribution in [0.5, 0.6) is 5.75 Å². The number of imide groups is 1. The zero-order chi connectivity index (χ0) is 27.8. The molecule has 3 heterocycles. The van der Waals surface area contributed by atoms with E-state index < -0.39 is 0 Å². The minimum Gasteiger partial charge on any atom is -0.489 e. The van der Waals surface area contributed by atoms with Crippen LogP contribution in [0.2, 0.25) is 0 Å². The van der Waals surface area contributed by atoms with E-state index in [2.05, 4.69) is 30.1 Å². The van der Waals surface area contributed by atoms with Crippen LogP contribution in [0.3, 0.4) is 0 Å². The third-order valence-corrected chi connectivity index (χ3v) is 12.2. The summed E-state index contributed by atoms with van der Waals surface area (Å²) in [6.45, 7) is 2.53. The molecule has 2 aliphatic carbocycles. The van der Waals surface area contributed by atoms with Crippen molar-refractivity contribution < 1.29 is 14.3 Å². The Labute approximate surface area is 245 Å². The predicted octanol–water partition coefficient (Wildman–Crippen LogP) is 6.00. The maximum absolute atomic E-state index is 13.9. The number of hydrogen-bond donors (Lipinski definition) is 1. The molecule has 7 atom stereocenters. The van der Waals surface area contributed by atoms with Gasteiger partial charge in [0.25, 0.3) is 0 Å². The number of thioether (sulfide) groups is 1. The third kappa shape index (κ3) is 3.73. The van der Waals surface area contributed by atoms with Crippen molar-refractivity contribution in [2.45, 2.75) is 36.1 Å². The van der Waals surface area contributed by atoms with E-state index in [-0.39, 0.29) is 57.4 Å². The molecule has 0 radical (unpaired) electrons. The summed E-state index contributed by atoms with van der Waals surface area (Å²) in [4.78, 5) is 45.9. The number of aryl methyl sites for hydroxylation is 1. The Morgan fingerprint density at radius 1 is 0.878 bits per heavy atom. The second-order valence-corrected chi connectivity index (χ2v) is 13.8. The second-order valence-electron chi connectivity index (χ2n) is 11.6. The van der Waals surface area contributed by atoms with Crippen LogP contribution in [0.15, 0.2) is 88.7 Å². The highest BCUT2D eigenvalue weighted by Gasteiger charge is 2.69. The van der Waals surface area contributed by atoms with E-state index in [4.69, 9.17) is 4.74 Å². The van der Waals surface area contributed by atoms with Crippen molar-refractivity contribution in [3.63, 3.8) is 0 Å². The number of hydrogen-bond acceptors (Lipinski definition) is 6. The van der Waals surface area contributed by atoms with Crippen molar-refractivity contribution in [1.82, 2.24) is 4.98 Å². The van der Waals surface area contributed by atoms with Gasteiger partial charge in [-0.2, -0.15) is 0 Å². The molecule has 4 aliphatic rings. The van der Waals surface area contributed by atoms with Gasteiger partial charge >= 0.3 is 4.87 Å². The summed E-state index contributed by atoms with van der Waals surface area (Å²) in [6.07, 6.45) is 0.861. The van der Waals surface area contributed by atoms with Crippen molar-refractivity contribution in [3.05, 3.63) is 110 Å². The van der Waals surface area contributed by atoms with Gasteiger partial charge < -0.3 is 9.72 Å². The van der Waals surface area contributed by atoms with Crippen molar-refractivity contribution >= 4 is 40.6 Å². The quantitative estimate of drug-likeness (QED) is 0.293. The molecule has 206 valence electrons. The van der Waals surface area contributed by atoms with Crippen LogP contribution in [0.4, 0.5) is 5.69 Å². The fourth-order valence-electron chi connectivity index (χ4n) is 7.99. The lowest BCUT2D eigenvalue weighted by Crippen LogP contribution is -2.42. The van der Waals surface area contributed by atoms with E-state index in [0.29, 0.717) is 12.3 Å². The molecule has 1 saturated heterocycles. The van der Waals surface area contributed by atoms with Crippen LogP contribution in [0.1, 0.15) is 33.9 Å². The third-order valence-electron chi connectivity index (χ3n) is 9.64. The lowest BCUT2D eigenvalue weighted by molar-refractivity contribution is -0.123. The smallest absolute Gasteiger partial charge is 0.305 e. The molecule has 2 bridgehead atoms. The number of aromatic amines is 1. The number of para-hydroxylation sites is 2. The summed E-state index contributed by atoms with van der Waals surface area (Å²) in [6, 6.07) is 25.7. The standard InChI is InChI=1S/C33H28N2O4S2/c1-17-9-5-6-10-18(17)16-39-23-14-8-7-13-20(23)24-25-21-15-22(28(25)40-30-29(24)41-33(38)34-30)27-26(21)31(36)35(32(27)37)19-11-3-2-4-12-19/h2-14,21-22,24-28H,15-16H2,1H3,(H,34,38)/t21-,22-,24?,25?,26?,27?,28?/m1/s1. The van der Waals surface area contributed by atoms with E-state index in [9.17, 15) is 14.4 Å². The number of anilines is 1. The average molecular weight is 581 g/mol.